The lowest BCUT2D eigenvalue weighted by molar-refractivity contribution is -0.137. The van der Waals surface area contributed by atoms with Gasteiger partial charge in [-0.2, -0.15) is 13.2 Å². The van der Waals surface area contributed by atoms with Crippen LogP contribution in [0.1, 0.15) is 29.5 Å². The van der Waals surface area contributed by atoms with Crippen LogP contribution in [0, 0.1) is 0 Å². The molecule has 0 radical (unpaired) electrons. The van der Waals surface area contributed by atoms with Crippen LogP contribution in [0.25, 0.3) is 6.08 Å². The van der Waals surface area contributed by atoms with Gasteiger partial charge < -0.3 is 19.6 Å². The maximum atomic E-state index is 13.5. The summed E-state index contributed by atoms with van der Waals surface area (Å²) in [6.07, 6.45) is 3.94. The summed E-state index contributed by atoms with van der Waals surface area (Å²) >= 11 is 0. The first-order chi connectivity index (χ1) is 19.6. The van der Waals surface area contributed by atoms with Crippen LogP contribution in [-0.4, -0.2) is 79.0 Å². The van der Waals surface area contributed by atoms with Crippen molar-refractivity contribution < 1.29 is 18.0 Å². The molecular weight excluding hydrogens is 527 g/mol. The van der Waals surface area contributed by atoms with Crippen molar-refractivity contribution in [3.63, 3.8) is 0 Å². The lowest BCUT2D eigenvalue weighted by atomic mass is 10.0. The van der Waals surface area contributed by atoms with Crippen molar-refractivity contribution in [3.8, 4) is 0 Å². The average molecular weight is 566 g/mol. The number of benzene rings is 2. The highest BCUT2D eigenvalue weighted by atomic mass is 19.4. The van der Waals surface area contributed by atoms with Crippen molar-refractivity contribution in [2.24, 2.45) is 0 Å². The molecule has 0 saturated carbocycles. The molecule has 1 fully saturated rings. The standard InChI is InChI=1S/C32H38F3N5O/c1-37(2)22-23-39-20-16-30(17-21-39)40(31(41)13-8-25-4-9-27(10-5-25)32(33,34)35)24-26-6-11-28(12-7-26)38(3)29-14-18-36-19-15-29/h4-15,18-19,30H,16-17,20-24H2,1-3H3. The Morgan fingerprint density at radius 2 is 1.54 bits per heavy atom. The van der Waals surface area contributed by atoms with Gasteiger partial charge in [0, 0.05) is 75.7 Å². The molecule has 0 unspecified atom stereocenters. The number of amides is 1. The number of rotatable bonds is 10. The molecule has 2 heterocycles. The van der Waals surface area contributed by atoms with E-state index in [1.54, 1.807) is 18.5 Å². The number of likely N-dealkylation sites (N-methyl/N-ethyl adjacent to an activating group) is 1. The van der Waals surface area contributed by atoms with Gasteiger partial charge in [-0.15, -0.1) is 0 Å². The number of halogens is 3. The van der Waals surface area contributed by atoms with Crippen molar-refractivity contribution in [3.05, 3.63) is 95.8 Å². The molecule has 0 N–H and O–H groups in total. The van der Waals surface area contributed by atoms with E-state index < -0.39 is 11.7 Å². The Morgan fingerprint density at radius 3 is 2.12 bits per heavy atom. The minimum atomic E-state index is -4.39. The minimum Gasteiger partial charge on any atom is -0.345 e. The number of nitrogens with zero attached hydrogens (tertiary/aromatic N) is 5. The molecule has 3 aromatic rings. The van der Waals surface area contributed by atoms with Crippen LogP contribution < -0.4 is 4.90 Å². The van der Waals surface area contributed by atoms with Crippen molar-refractivity contribution in [1.29, 1.82) is 0 Å². The first-order valence-electron chi connectivity index (χ1n) is 13.9. The number of piperidine rings is 1. The number of carbonyl (C=O) groups is 1. The number of pyridine rings is 1. The van der Waals surface area contributed by atoms with Gasteiger partial charge in [0.1, 0.15) is 0 Å². The second-order valence-corrected chi connectivity index (χ2v) is 10.7. The van der Waals surface area contributed by atoms with E-state index in [0.29, 0.717) is 12.1 Å². The Balaban J connectivity index is 1.48. The third-order valence-electron chi connectivity index (χ3n) is 7.53. The third-order valence-corrected chi connectivity index (χ3v) is 7.53. The van der Waals surface area contributed by atoms with Crippen molar-refractivity contribution in [2.75, 3.05) is 52.2 Å². The van der Waals surface area contributed by atoms with Gasteiger partial charge in [-0.25, -0.2) is 0 Å². The van der Waals surface area contributed by atoms with E-state index in [2.05, 4.69) is 33.8 Å². The summed E-state index contributed by atoms with van der Waals surface area (Å²) in [4.78, 5) is 26.2. The smallest absolute Gasteiger partial charge is 0.345 e. The van der Waals surface area contributed by atoms with E-state index in [1.807, 2.05) is 48.3 Å². The van der Waals surface area contributed by atoms with Crippen molar-refractivity contribution in [1.82, 2.24) is 19.7 Å². The SMILES string of the molecule is CN(C)CCN1CCC(N(Cc2ccc(N(C)c3ccncc3)cc2)C(=O)C=Cc2ccc(C(F)(F)F)cc2)CC1. The molecular formula is C32H38F3N5O. The van der Waals surface area contributed by atoms with Crippen LogP contribution in [0.4, 0.5) is 24.5 Å². The Morgan fingerprint density at radius 1 is 0.927 bits per heavy atom. The maximum Gasteiger partial charge on any atom is 0.416 e. The Hall–Kier alpha value is -3.69. The van der Waals surface area contributed by atoms with Crippen LogP contribution in [-0.2, 0) is 17.5 Å². The molecule has 9 heteroatoms. The van der Waals surface area contributed by atoms with Crippen molar-refractivity contribution in [2.45, 2.75) is 31.6 Å². The molecule has 0 atom stereocenters. The van der Waals surface area contributed by atoms with Gasteiger partial charge in [-0.05, 0) is 80.5 Å². The molecule has 4 rings (SSSR count). The first kappa shape index (κ1) is 30.3. The molecule has 1 aromatic heterocycles. The van der Waals surface area contributed by atoms with Gasteiger partial charge in [0.2, 0.25) is 5.91 Å². The number of aromatic nitrogens is 1. The van der Waals surface area contributed by atoms with Crippen LogP contribution >= 0.6 is 0 Å². The van der Waals surface area contributed by atoms with Gasteiger partial charge in [0.05, 0.1) is 5.56 Å². The molecule has 1 aliphatic rings. The lowest BCUT2D eigenvalue weighted by Gasteiger charge is -2.38. The highest BCUT2D eigenvalue weighted by Gasteiger charge is 2.30. The first-order valence-corrected chi connectivity index (χ1v) is 13.9. The quantitative estimate of drug-likeness (QED) is 0.285. The van der Waals surface area contributed by atoms with Gasteiger partial charge in [0.25, 0.3) is 0 Å². The second kappa shape index (κ2) is 13.8. The summed E-state index contributed by atoms with van der Waals surface area (Å²) in [5, 5.41) is 0. The molecule has 218 valence electrons. The summed E-state index contributed by atoms with van der Waals surface area (Å²) in [5.41, 5.74) is 2.91. The predicted octanol–water partition coefficient (Wildman–Crippen LogP) is 5.94. The summed E-state index contributed by atoms with van der Waals surface area (Å²) in [6, 6.07) is 17.0. The van der Waals surface area contributed by atoms with E-state index in [9.17, 15) is 18.0 Å². The number of hydrogen-bond donors (Lipinski definition) is 0. The largest absolute Gasteiger partial charge is 0.416 e. The number of likely N-dealkylation sites (tertiary alicyclic amines) is 1. The fourth-order valence-corrected chi connectivity index (χ4v) is 4.97. The molecule has 6 nitrogen and oxygen atoms in total. The molecule has 1 saturated heterocycles. The maximum absolute atomic E-state index is 13.5. The molecule has 0 aliphatic carbocycles. The topological polar surface area (TPSA) is 42.9 Å². The van der Waals surface area contributed by atoms with Crippen LogP contribution in [0.2, 0.25) is 0 Å². The van der Waals surface area contributed by atoms with Gasteiger partial charge in [0.15, 0.2) is 0 Å². The van der Waals surface area contributed by atoms with Crippen LogP contribution in [0.3, 0.4) is 0 Å². The highest BCUT2D eigenvalue weighted by Crippen LogP contribution is 2.29. The van der Waals surface area contributed by atoms with Gasteiger partial charge in [-0.1, -0.05) is 24.3 Å². The monoisotopic (exact) mass is 565 g/mol. The second-order valence-electron chi connectivity index (χ2n) is 10.7. The fourth-order valence-electron chi connectivity index (χ4n) is 4.97. The Bertz CT molecular complexity index is 1270. The third kappa shape index (κ3) is 8.65. The number of alkyl halides is 3. The molecule has 0 bridgehead atoms. The molecule has 1 aliphatic heterocycles. The zero-order chi connectivity index (χ0) is 29.4. The zero-order valence-electron chi connectivity index (χ0n) is 23.9. The fraction of sp³-hybridized carbons (Fsp3) is 0.375. The van der Waals surface area contributed by atoms with E-state index in [1.165, 1.54) is 18.2 Å². The van der Waals surface area contributed by atoms with E-state index in [4.69, 9.17) is 0 Å². The van der Waals surface area contributed by atoms with Crippen molar-refractivity contribution >= 4 is 23.4 Å². The molecule has 41 heavy (non-hydrogen) atoms. The van der Waals surface area contributed by atoms with Crippen LogP contribution in [0.5, 0.6) is 0 Å². The molecule has 0 spiro atoms. The Labute approximate surface area is 240 Å². The zero-order valence-corrected chi connectivity index (χ0v) is 23.9. The Kier molecular flexibility index (Phi) is 10.2. The number of hydrogen-bond acceptors (Lipinski definition) is 5. The lowest BCUT2D eigenvalue weighted by Crippen LogP contribution is -2.47. The van der Waals surface area contributed by atoms with Crippen LogP contribution in [0.15, 0.2) is 79.1 Å². The van der Waals surface area contributed by atoms with E-state index in [0.717, 1.165) is 68.1 Å². The molecule has 1 amide bonds. The summed E-state index contributed by atoms with van der Waals surface area (Å²) in [7, 11) is 6.13. The van der Waals surface area contributed by atoms with E-state index in [-0.39, 0.29) is 11.9 Å². The summed E-state index contributed by atoms with van der Waals surface area (Å²) in [5.74, 6) is -0.144. The minimum absolute atomic E-state index is 0.0783. The number of anilines is 2. The summed E-state index contributed by atoms with van der Waals surface area (Å²) in [6.45, 7) is 4.27. The average Bonchev–Trinajstić information content (AvgIpc) is 2.98. The van der Waals surface area contributed by atoms with Gasteiger partial charge >= 0.3 is 6.18 Å². The van der Waals surface area contributed by atoms with Gasteiger partial charge in [-0.3, -0.25) is 9.78 Å². The molecule has 2 aromatic carbocycles. The normalized spacial score (nSPS) is 15.0. The highest BCUT2D eigenvalue weighted by molar-refractivity contribution is 5.92. The van der Waals surface area contributed by atoms with E-state index >= 15 is 0 Å². The number of carbonyl (C=O) groups excluding carboxylic acids is 1. The predicted molar refractivity (Wildman–Crippen MR) is 158 cm³/mol. The summed E-state index contributed by atoms with van der Waals surface area (Å²) < 4.78 is 38.8.